The molecular formula is C15H14F3N3O5. The zero-order valence-electron chi connectivity index (χ0n) is 13.4. The van der Waals surface area contributed by atoms with Crippen molar-refractivity contribution in [3.8, 4) is 11.4 Å². The molecule has 0 radical (unpaired) electrons. The van der Waals surface area contributed by atoms with Crippen LogP contribution in [0.15, 0.2) is 28.8 Å². The number of nitrogens with one attached hydrogen (secondary N) is 1. The minimum Gasteiger partial charge on any atom is -0.480 e. The summed E-state index contributed by atoms with van der Waals surface area (Å²) in [6.45, 7) is 0.148. The molecule has 140 valence electrons. The van der Waals surface area contributed by atoms with Gasteiger partial charge < -0.3 is 19.7 Å². The van der Waals surface area contributed by atoms with Crippen molar-refractivity contribution in [1.29, 1.82) is 0 Å². The molecule has 0 bridgehead atoms. The van der Waals surface area contributed by atoms with E-state index in [0.717, 1.165) is 0 Å². The standard InChI is InChI=1S/C15H14F3N3O5/c1-25-7-6-10(13(23)24)19-12(22)9-4-2-8(3-5-9)11-20-14(26-21-11)15(16,17)18/h2-5,10H,6-7H2,1H3,(H,19,22)(H,23,24). The number of aromatic nitrogens is 2. The minimum atomic E-state index is -4.75. The Kier molecular flexibility index (Phi) is 5.93. The first-order valence-corrected chi connectivity index (χ1v) is 7.26. The van der Waals surface area contributed by atoms with Crippen molar-refractivity contribution in [3.63, 3.8) is 0 Å². The normalized spacial score (nSPS) is 12.6. The van der Waals surface area contributed by atoms with Crippen LogP contribution in [0.1, 0.15) is 22.7 Å². The summed E-state index contributed by atoms with van der Waals surface area (Å²) < 4.78 is 46.3. The maximum absolute atomic E-state index is 12.5. The molecular weight excluding hydrogens is 359 g/mol. The number of rotatable bonds is 7. The lowest BCUT2D eigenvalue weighted by Crippen LogP contribution is -2.41. The summed E-state index contributed by atoms with van der Waals surface area (Å²) in [5, 5.41) is 14.6. The van der Waals surface area contributed by atoms with Crippen LogP contribution in [0.3, 0.4) is 0 Å². The first-order chi connectivity index (χ1) is 12.2. The first kappa shape index (κ1) is 19.4. The van der Waals surface area contributed by atoms with Crippen molar-refractivity contribution in [1.82, 2.24) is 15.5 Å². The molecule has 0 aliphatic heterocycles. The van der Waals surface area contributed by atoms with Gasteiger partial charge in [0.25, 0.3) is 5.91 Å². The monoisotopic (exact) mass is 373 g/mol. The van der Waals surface area contributed by atoms with Crippen molar-refractivity contribution in [2.75, 3.05) is 13.7 Å². The van der Waals surface area contributed by atoms with E-state index in [0.29, 0.717) is 0 Å². The fourth-order valence-corrected chi connectivity index (χ4v) is 1.96. The van der Waals surface area contributed by atoms with Gasteiger partial charge in [-0.25, -0.2) is 4.79 Å². The first-order valence-electron chi connectivity index (χ1n) is 7.26. The quantitative estimate of drug-likeness (QED) is 0.762. The molecule has 2 rings (SSSR count). The maximum Gasteiger partial charge on any atom is 0.471 e. The van der Waals surface area contributed by atoms with E-state index in [2.05, 4.69) is 20.0 Å². The third-order valence-electron chi connectivity index (χ3n) is 3.29. The fraction of sp³-hybridized carbons (Fsp3) is 0.333. The molecule has 0 saturated heterocycles. The molecule has 1 atom stereocenters. The van der Waals surface area contributed by atoms with E-state index < -0.39 is 30.0 Å². The number of ether oxygens (including phenoxy) is 1. The number of aliphatic carboxylic acids is 1. The summed E-state index contributed by atoms with van der Waals surface area (Å²) in [5.41, 5.74) is 0.326. The van der Waals surface area contributed by atoms with Gasteiger partial charge in [-0.1, -0.05) is 17.3 Å². The molecule has 1 aromatic heterocycles. The average Bonchev–Trinajstić information content (AvgIpc) is 3.08. The van der Waals surface area contributed by atoms with Gasteiger partial charge in [-0.05, 0) is 12.1 Å². The van der Waals surface area contributed by atoms with E-state index in [-0.39, 0.29) is 30.0 Å². The molecule has 1 amide bonds. The van der Waals surface area contributed by atoms with Gasteiger partial charge in [0.1, 0.15) is 6.04 Å². The zero-order valence-corrected chi connectivity index (χ0v) is 13.4. The molecule has 26 heavy (non-hydrogen) atoms. The molecule has 1 aromatic carbocycles. The Hall–Kier alpha value is -2.95. The number of alkyl halides is 3. The van der Waals surface area contributed by atoms with Crippen LogP contribution < -0.4 is 5.32 Å². The largest absolute Gasteiger partial charge is 0.480 e. The number of methoxy groups -OCH3 is 1. The topological polar surface area (TPSA) is 115 Å². The highest BCUT2D eigenvalue weighted by atomic mass is 19.4. The summed E-state index contributed by atoms with van der Waals surface area (Å²) in [4.78, 5) is 26.4. The van der Waals surface area contributed by atoms with E-state index in [1.165, 1.54) is 31.4 Å². The minimum absolute atomic E-state index is 0.0821. The van der Waals surface area contributed by atoms with Crippen LogP contribution in [0.2, 0.25) is 0 Å². The van der Waals surface area contributed by atoms with Gasteiger partial charge in [-0.3, -0.25) is 4.79 Å². The van der Waals surface area contributed by atoms with Crippen LogP contribution in [0.5, 0.6) is 0 Å². The van der Waals surface area contributed by atoms with Gasteiger partial charge in [-0.15, -0.1) is 0 Å². The Morgan fingerprint density at radius 2 is 1.96 bits per heavy atom. The Morgan fingerprint density at radius 3 is 2.46 bits per heavy atom. The van der Waals surface area contributed by atoms with E-state index in [1.54, 1.807) is 0 Å². The molecule has 1 heterocycles. The summed E-state index contributed by atoms with van der Waals surface area (Å²) in [5.74, 6) is -3.62. The highest BCUT2D eigenvalue weighted by Crippen LogP contribution is 2.29. The highest BCUT2D eigenvalue weighted by molar-refractivity contribution is 5.96. The predicted octanol–water partition coefficient (Wildman–Crippen LogP) is 1.97. The van der Waals surface area contributed by atoms with Crippen molar-refractivity contribution >= 4 is 11.9 Å². The van der Waals surface area contributed by atoms with Crippen LogP contribution in [0.4, 0.5) is 13.2 Å². The smallest absolute Gasteiger partial charge is 0.471 e. The number of halogens is 3. The molecule has 11 heteroatoms. The average molecular weight is 373 g/mol. The van der Waals surface area contributed by atoms with Crippen molar-refractivity contribution in [3.05, 3.63) is 35.7 Å². The van der Waals surface area contributed by atoms with Crippen molar-refractivity contribution in [2.45, 2.75) is 18.6 Å². The zero-order chi connectivity index (χ0) is 19.3. The molecule has 2 N–H and O–H groups in total. The number of carboxylic acid groups (broad SMARTS) is 1. The Morgan fingerprint density at radius 1 is 1.31 bits per heavy atom. The van der Waals surface area contributed by atoms with Crippen molar-refractivity contribution < 1.29 is 37.1 Å². The highest BCUT2D eigenvalue weighted by Gasteiger charge is 2.38. The lowest BCUT2D eigenvalue weighted by molar-refractivity contribution is -0.159. The number of amides is 1. The number of benzene rings is 1. The molecule has 8 nitrogen and oxygen atoms in total. The second-order valence-electron chi connectivity index (χ2n) is 5.14. The Labute approximate surface area is 145 Å². The van der Waals surface area contributed by atoms with Crippen LogP contribution in [0.25, 0.3) is 11.4 Å². The number of nitrogens with zero attached hydrogens (tertiary/aromatic N) is 2. The number of carbonyl (C=O) groups is 2. The number of carbonyl (C=O) groups excluding carboxylic acids is 1. The fourth-order valence-electron chi connectivity index (χ4n) is 1.96. The second kappa shape index (κ2) is 7.95. The molecule has 1 unspecified atom stereocenters. The number of hydrogen-bond donors (Lipinski definition) is 2. The van der Waals surface area contributed by atoms with Gasteiger partial charge in [0.2, 0.25) is 5.82 Å². The van der Waals surface area contributed by atoms with Crippen LogP contribution in [-0.4, -0.2) is 46.9 Å². The summed E-state index contributed by atoms with van der Waals surface area (Å²) in [7, 11) is 1.40. The van der Waals surface area contributed by atoms with Crippen LogP contribution >= 0.6 is 0 Å². The van der Waals surface area contributed by atoms with E-state index in [9.17, 15) is 22.8 Å². The van der Waals surface area contributed by atoms with Gasteiger partial charge in [0, 0.05) is 31.3 Å². The van der Waals surface area contributed by atoms with Gasteiger partial charge >= 0.3 is 18.0 Å². The summed E-state index contributed by atoms with van der Waals surface area (Å²) in [6, 6.07) is 4.14. The van der Waals surface area contributed by atoms with E-state index >= 15 is 0 Å². The third kappa shape index (κ3) is 4.79. The second-order valence-corrected chi connectivity index (χ2v) is 5.14. The van der Waals surface area contributed by atoms with E-state index in [4.69, 9.17) is 9.84 Å². The predicted molar refractivity (Wildman–Crippen MR) is 80.1 cm³/mol. The summed E-state index contributed by atoms with van der Waals surface area (Å²) >= 11 is 0. The third-order valence-corrected chi connectivity index (χ3v) is 3.29. The maximum atomic E-state index is 12.5. The molecule has 0 spiro atoms. The Bertz CT molecular complexity index is 774. The molecule has 0 fully saturated rings. The lowest BCUT2D eigenvalue weighted by Gasteiger charge is -2.14. The van der Waals surface area contributed by atoms with E-state index in [1.807, 2.05) is 0 Å². The van der Waals surface area contributed by atoms with Gasteiger partial charge in [-0.2, -0.15) is 18.2 Å². The molecule has 0 aliphatic rings. The Balaban J connectivity index is 2.09. The van der Waals surface area contributed by atoms with Gasteiger partial charge in [0.15, 0.2) is 0 Å². The number of hydrogen-bond acceptors (Lipinski definition) is 6. The number of carboxylic acids is 1. The molecule has 2 aromatic rings. The molecule has 0 aliphatic carbocycles. The summed E-state index contributed by atoms with van der Waals surface area (Å²) in [6.07, 6.45) is -4.67. The van der Waals surface area contributed by atoms with Crippen LogP contribution in [0, 0.1) is 0 Å². The van der Waals surface area contributed by atoms with Crippen molar-refractivity contribution in [2.24, 2.45) is 0 Å². The lowest BCUT2D eigenvalue weighted by atomic mass is 10.1. The molecule has 0 saturated carbocycles. The van der Waals surface area contributed by atoms with Crippen LogP contribution in [-0.2, 0) is 15.7 Å². The van der Waals surface area contributed by atoms with Gasteiger partial charge in [0.05, 0.1) is 0 Å². The SMILES string of the molecule is COCCC(NC(=O)c1ccc(-c2noc(C(F)(F)F)n2)cc1)C(=O)O.